The first kappa shape index (κ1) is 19.9. The number of nitrogens with zero attached hydrogens (tertiary/aromatic N) is 3. The van der Waals surface area contributed by atoms with Gasteiger partial charge in [0.1, 0.15) is 0 Å². The summed E-state index contributed by atoms with van der Waals surface area (Å²) in [5.74, 6) is 2.88. The van der Waals surface area contributed by atoms with E-state index in [1.165, 1.54) is 25.7 Å². The first-order valence-corrected chi connectivity index (χ1v) is 10.5. The highest BCUT2D eigenvalue weighted by Gasteiger charge is 2.27. The molecular formula is C21H34N4O2. The Labute approximate surface area is 163 Å². The monoisotopic (exact) mass is 374 g/mol. The lowest BCUT2D eigenvalue weighted by Crippen LogP contribution is -2.44. The number of piperidine rings is 1. The smallest absolute Gasteiger partial charge is 0.234 e. The number of amides is 1. The zero-order valence-electron chi connectivity index (χ0n) is 17.0. The zero-order chi connectivity index (χ0) is 19.2. The van der Waals surface area contributed by atoms with Gasteiger partial charge in [-0.15, -0.1) is 0 Å². The maximum atomic E-state index is 12.4. The lowest BCUT2D eigenvalue weighted by Gasteiger charge is -2.32. The Morgan fingerprint density at radius 3 is 2.56 bits per heavy atom. The fourth-order valence-electron chi connectivity index (χ4n) is 3.82. The van der Waals surface area contributed by atoms with E-state index in [0.717, 1.165) is 38.4 Å². The molecule has 0 radical (unpaired) electrons. The van der Waals surface area contributed by atoms with Gasteiger partial charge in [-0.25, -0.2) is 0 Å². The Morgan fingerprint density at radius 1 is 1.19 bits per heavy atom. The largest absolute Gasteiger partial charge is 0.476 e. The SMILES string of the molecule is CC(C)C(C)NC(=O)C1CCN(c2cncc(OCC3CCCC3)n2)CC1. The van der Waals surface area contributed by atoms with Crippen LogP contribution >= 0.6 is 0 Å². The van der Waals surface area contributed by atoms with Crippen molar-refractivity contribution < 1.29 is 9.53 Å². The highest BCUT2D eigenvalue weighted by Crippen LogP contribution is 2.26. The molecule has 2 fully saturated rings. The van der Waals surface area contributed by atoms with Crippen LogP contribution in [-0.4, -0.2) is 41.6 Å². The van der Waals surface area contributed by atoms with Gasteiger partial charge in [-0.05, 0) is 44.4 Å². The second-order valence-electron chi connectivity index (χ2n) is 8.48. The number of aromatic nitrogens is 2. The van der Waals surface area contributed by atoms with Gasteiger partial charge in [0.25, 0.3) is 0 Å². The van der Waals surface area contributed by atoms with Crippen LogP contribution in [0.5, 0.6) is 5.88 Å². The fraction of sp³-hybridized carbons (Fsp3) is 0.762. The van der Waals surface area contributed by atoms with E-state index in [0.29, 0.717) is 17.7 Å². The van der Waals surface area contributed by atoms with Gasteiger partial charge in [-0.3, -0.25) is 9.78 Å². The molecule has 1 saturated carbocycles. The summed E-state index contributed by atoms with van der Waals surface area (Å²) in [7, 11) is 0. The van der Waals surface area contributed by atoms with Crippen molar-refractivity contribution in [1.29, 1.82) is 0 Å². The number of carbonyl (C=O) groups excluding carboxylic acids is 1. The molecule has 27 heavy (non-hydrogen) atoms. The quantitative estimate of drug-likeness (QED) is 0.792. The number of hydrogen-bond donors (Lipinski definition) is 1. The highest BCUT2D eigenvalue weighted by molar-refractivity contribution is 5.79. The third-order valence-electron chi connectivity index (χ3n) is 6.10. The third kappa shape index (κ3) is 5.56. The average molecular weight is 375 g/mol. The van der Waals surface area contributed by atoms with E-state index in [-0.39, 0.29) is 17.9 Å². The van der Waals surface area contributed by atoms with Crippen molar-refractivity contribution in [3.63, 3.8) is 0 Å². The minimum Gasteiger partial charge on any atom is -0.476 e. The molecule has 1 aromatic heterocycles. The standard InChI is InChI=1S/C21H34N4O2/c1-15(2)16(3)23-21(26)18-8-10-25(11-9-18)19-12-22-13-20(24-19)27-14-17-6-4-5-7-17/h12-13,15-18H,4-11,14H2,1-3H3,(H,23,26). The number of nitrogens with one attached hydrogen (secondary N) is 1. The molecule has 0 spiro atoms. The van der Waals surface area contributed by atoms with Gasteiger partial charge < -0.3 is 15.0 Å². The van der Waals surface area contributed by atoms with Crippen molar-refractivity contribution >= 4 is 11.7 Å². The second kappa shape index (κ2) is 9.38. The molecule has 3 rings (SSSR count). The van der Waals surface area contributed by atoms with E-state index in [2.05, 4.69) is 41.0 Å². The van der Waals surface area contributed by atoms with Crippen molar-refractivity contribution in [1.82, 2.24) is 15.3 Å². The summed E-state index contributed by atoms with van der Waals surface area (Å²) in [4.78, 5) is 23.6. The van der Waals surface area contributed by atoms with Gasteiger partial charge >= 0.3 is 0 Å². The van der Waals surface area contributed by atoms with Crippen molar-refractivity contribution in [2.75, 3.05) is 24.6 Å². The van der Waals surface area contributed by atoms with Gasteiger partial charge in [0.2, 0.25) is 11.8 Å². The minimum absolute atomic E-state index is 0.0946. The molecule has 1 atom stereocenters. The van der Waals surface area contributed by atoms with Crippen molar-refractivity contribution in [2.45, 2.75) is 65.3 Å². The van der Waals surface area contributed by atoms with Crippen LogP contribution in [0.25, 0.3) is 0 Å². The van der Waals surface area contributed by atoms with Crippen molar-refractivity contribution in [3.8, 4) is 5.88 Å². The second-order valence-corrected chi connectivity index (χ2v) is 8.48. The number of hydrogen-bond acceptors (Lipinski definition) is 5. The topological polar surface area (TPSA) is 67.4 Å². The van der Waals surface area contributed by atoms with Gasteiger partial charge in [-0.2, -0.15) is 4.98 Å². The Bertz CT molecular complexity index is 608. The Balaban J connectivity index is 1.48. The van der Waals surface area contributed by atoms with E-state index >= 15 is 0 Å². The number of carbonyl (C=O) groups is 1. The molecule has 2 aliphatic rings. The lowest BCUT2D eigenvalue weighted by molar-refractivity contribution is -0.126. The lowest BCUT2D eigenvalue weighted by atomic mass is 9.95. The summed E-state index contributed by atoms with van der Waals surface area (Å²) in [5.41, 5.74) is 0. The first-order chi connectivity index (χ1) is 13.0. The summed E-state index contributed by atoms with van der Waals surface area (Å²) >= 11 is 0. The Hall–Kier alpha value is -1.85. The molecule has 6 heteroatoms. The molecule has 0 bridgehead atoms. The van der Waals surface area contributed by atoms with Crippen molar-refractivity contribution in [2.24, 2.45) is 17.8 Å². The molecule has 1 amide bonds. The van der Waals surface area contributed by atoms with Gasteiger partial charge in [0.15, 0.2) is 5.82 Å². The predicted molar refractivity (Wildman–Crippen MR) is 107 cm³/mol. The van der Waals surface area contributed by atoms with Gasteiger partial charge in [0.05, 0.1) is 19.0 Å². The summed E-state index contributed by atoms with van der Waals surface area (Å²) in [5, 5.41) is 3.15. The van der Waals surface area contributed by atoms with Gasteiger partial charge in [0, 0.05) is 25.0 Å². The number of ether oxygens (including phenoxy) is 1. The Kier molecular flexibility index (Phi) is 6.91. The van der Waals surface area contributed by atoms with Crippen LogP contribution in [0.1, 0.15) is 59.3 Å². The highest BCUT2D eigenvalue weighted by atomic mass is 16.5. The number of rotatable bonds is 7. The van der Waals surface area contributed by atoms with E-state index in [4.69, 9.17) is 4.74 Å². The maximum absolute atomic E-state index is 12.4. The van der Waals surface area contributed by atoms with Crippen molar-refractivity contribution in [3.05, 3.63) is 12.4 Å². The van der Waals surface area contributed by atoms with Crippen LogP contribution in [0, 0.1) is 17.8 Å². The molecule has 6 nitrogen and oxygen atoms in total. The Morgan fingerprint density at radius 2 is 1.89 bits per heavy atom. The van der Waals surface area contributed by atoms with E-state index in [1.54, 1.807) is 12.4 Å². The van der Waals surface area contributed by atoms with E-state index < -0.39 is 0 Å². The van der Waals surface area contributed by atoms with Crippen LogP contribution in [0.3, 0.4) is 0 Å². The molecule has 1 aliphatic carbocycles. The molecule has 2 heterocycles. The molecule has 0 aromatic carbocycles. The molecule has 1 saturated heterocycles. The molecular weight excluding hydrogens is 340 g/mol. The normalized spacial score (nSPS) is 20.1. The third-order valence-corrected chi connectivity index (χ3v) is 6.10. The van der Waals surface area contributed by atoms with E-state index in [9.17, 15) is 4.79 Å². The predicted octanol–water partition coefficient (Wildman–Crippen LogP) is 3.42. The zero-order valence-corrected chi connectivity index (χ0v) is 17.0. The average Bonchev–Trinajstić information content (AvgIpc) is 3.20. The van der Waals surface area contributed by atoms with Crippen LogP contribution in [0.15, 0.2) is 12.4 Å². The van der Waals surface area contributed by atoms with E-state index in [1.807, 2.05) is 0 Å². The molecule has 1 N–H and O–H groups in total. The minimum atomic E-state index is 0.0946. The molecule has 1 unspecified atom stereocenters. The number of anilines is 1. The van der Waals surface area contributed by atoms with Crippen LogP contribution in [0.4, 0.5) is 5.82 Å². The maximum Gasteiger partial charge on any atom is 0.234 e. The summed E-state index contributed by atoms with van der Waals surface area (Å²) in [6, 6.07) is 0.218. The summed E-state index contributed by atoms with van der Waals surface area (Å²) < 4.78 is 5.88. The summed E-state index contributed by atoms with van der Waals surface area (Å²) in [6.45, 7) is 8.74. The van der Waals surface area contributed by atoms with Crippen LogP contribution < -0.4 is 15.0 Å². The summed E-state index contributed by atoms with van der Waals surface area (Å²) in [6.07, 6.45) is 10.4. The fourth-order valence-corrected chi connectivity index (χ4v) is 3.82. The van der Waals surface area contributed by atoms with Crippen LogP contribution in [-0.2, 0) is 4.79 Å². The first-order valence-electron chi connectivity index (χ1n) is 10.5. The van der Waals surface area contributed by atoms with Gasteiger partial charge in [-0.1, -0.05) is 26.7 Å². The molecule has 1 aliphatic heterocycles. The molecule has 1 aromatic rings. The van der Waals surface area contributed by atoms with Crippen LogP contribution in [0.2, 0.25) is 0 Å². The molecule has 150 valence electrons.